The number of anilines is 1. The van der Waals surface area contributed by atoms with Gasteiger partial charge in [-0.2, -0.15) is 5.10 Å². The average Bonchev–Trinajstić information content (AvgIpc) is 2.97. The Morgan fingerprint density at radius 2 is 2.04 bits per heavy atom. The van der Waals surface area contributed by atoms with Crippen LogP contribution in [0.1, 0.15) is 12.0 Å². The monoisotopic (exact) mass is 404 g/mol. The molecule has 2 aromatic carbocycles. The molecule has 1 saturated heterocycles. The molecular formula is C18H14ClFN4O2S. The zero-order valence-corrected chi connectivity index (χ0v) is 15.4. The number of hydrogen-bond acceptors (Lipinski definition) is 5. The van der Waals surface area contributed by atoms with Gasteiger partial charge in [0.25, 0.3) is 0 Å². The Kier molecular flexibility index (Phi) is 6.20. The Hall–Kier alpha value is -2.71. The van der Waals surface area contributed by atoms with E-state index in [9.17, 15) is 14.0 Å². The van der Waals surface area contributed by atoms with Crippen LogP contribution in [0.4, 0.5) is 10.1 Å². The third-order valence-corrected chi connectivity index (χ3v) is 4.94. The number of hydrogen-bond donors (Lipinski definition) is 2. The van der Waals surface area contributed by atoms with Gasteiger partial charge in [-0.25, -0.2) is 4.39 Å². The summed E-state index contributed by atoms with van der Waals surface area (Å²) in [6.07, 6.45) is 1.17. The third-order valence-electron chi connectivity index (χ3n) is 3.54. The van der Waals surface area contributed by atoms with Gasteiger partial charge in [-0.15, -0.1) is 5.10 Å². The van der Waals surface area contributed by atoms with Gasteiger partial charge in [0.05, 0.1) is 11.2 Å². The standard InChI is InChI=1S/C18H14ClFN4O2S/c19-13-7-4-8-14(20)12(13)10-21-24-18-23-17(26)15(27-18)9-16(25)22-11-5-2-1-3-6-11/h1-8,10,15H,9H2,(H,22,25)(H,23,24,26)/b21-10-/t15-/m1/s1. The average molecular weight is 405 g/mol. The number of carbonyl (C=O) groups excluding carboxylic acids is 2. The fraction of sp³-hybridized carbons (Fsp3) is 0.111. The Labute approximate surface area is 163 Å². The molecule has 9 heteroatoms. The SMILES string of the molecule is O=C(C[C@H]1S/C(=N\N=C/c2c(F)cccc2Cl)NC1=O)Nc1ccccc1. The number of amides is 2. The van der Waals surface area contributed by atoms with E-state index >= 15 is 0 Å². The molecule has 0 unspecified atom stereocenters. The summed E-state index contributed by atoms with van der Waals surface area (Å²) in [6, 6.07) is 13.2. The van der Waals surface area contributed by atoms with E-state index in [1.165, 1.54) is 24.4 Å². The van der Waals surface area contributed by atoms with E-state index < -0.39 is 11.1 Å². The topological polar surface area (TPSA) is 82.9 Å². The van der Waals surface area contributed by atoms with Crippen LogP contribution >= 0.6 is 23.4 Å². The molecule has 1 heterocycles. The van der Waals surface area contributed by atoms with Crippen LogP contribution in [0, 0.1) is 5.82 Å². The van der Waals surface area contributed by atoms with Crippen LogP contribution < -0.4 is 10.6 Å². The molecule has 1 atom stereocenters. The van der Waals surface area contributed by atoms with Gasteiger partial charge in [0.1, 0.15) is 11.1 Å². The second-order valence-corrected chi connectivity index (χ2v) is 7.10. The molecule has 138 valence electrons. The lowest BCUT2D eigenvalue weighted by Gasteiger charge is -2.06. The van der Waals surface area contributed by atoms with Gasteiger partial charge in [-0.3, -0.25) is 9.59 Å². The molecule has 2 amide bonds. The fourth-order valence-corrected chi connectivity index (χ4v) is 3.40. The summed E-state index contributed by atoms with van der Waals surface area (Å²) in [5.41, 5.74) is 0.766. The molecule has 3 rings (SSSR count). The highest BCUT2D eigenvalue weighted by molar-refractivity contribution is 8.15. The van der Waals surface area contributed by atoms with E-state index in [0.717, 1.165) is 11.8 Å². The minimum Gasteiger partial charge on any atom is -0.326 e. The number of benzene rings is 2. The summed E-state index contributed by atoms with van der Waals surface area (Å²) in [7, 11) is 0. The van der Waals surface area contributed by atoms with Gasteiger partial charge in [-0.1, -0.05) is 47.6 Å². The lowest BCUT2D eigenvalue weighted by Crippen LogP contribution is -2.28. The number of nitrogens with one attached hydrogen (secondary N) is 2. The van der Waals surface area contributed by atoms with Gasteiger partial charge < -0.3 is 10.6 Å². The molecule has 2 aromatic rings. The maximum atomic E-state index is 13.7. The van der Waals surface area contributed by atoms with Crippen molar-refractivity contribution in [2.24, 2.45) is 10.2 Å². The Morgan fingerprint density at radius 1 is 1.26 bits per heavy atom. The number of amidine groups is 1. The normalized spacial score (nSPS) is 18.1. The fourth-order valence-electron chi connectivity index (χ4n) is 2.26. The van der Waals surface area contributed by atoms with Crippen molar-refractivity contribution in [2.45, 2.75) is 11.7 Å². The van der Waals surface area contributed by atoms with E-state index in [1.54, 1.807) is 24.3 Å². The number of nitrogens with zero attached hydrogens (tertiary/aromatic N) is 2. The smallest absolute Gasteiger partial charge is 0.240 e. The number of para-hydroxylation sites is 1. The molecule has 0 bridgehead atoms. The highest BCUT2D eigenvalue weighted by Crippen LogP contribution is 2.23. The molecule has 2 N–H and O–H groups in total. The predicted octanol–water partition coefficient (Wildman–Crippen LogP) is 3.43. The molecule has 0 radical (unpaired) electrons. The van der Waals surface area contributed by atoms with Crippen LogP contribution in [0.15, 0.2) is 58.7 Å². The first-order valence-electron chi connectivity index (χ1n) is 7.90. The Bertz CT molecular complexity index is 901. The molecule has 1 aliphatic heterocycles. The molecule has 1 aliphatic rings. The molecule has 27 heavy (non-hydrogen) atoms. The molecule has 6 nitrogen and oxygen atoms in total. The van der Waals surface area contributed by atoms with Crippen molar-refractivity contribution in [1.82, 2.24) is 5.32 Å². The lowest BCUT2D eigenvalue weighted by molar-refractivity contribution is -0.122. The first kappa shape index (κ1) is 19.1. The maximum Gasteiger partial charge on any atom is 0.240 e. The number of rotatable bonds is 5. The zero-order valence-electron chi connectivity index (χ0n) is 13.9. The van der Waals surface area contributed by atoms with Crippen LogP contribution in [0.5, 0.6) is 0 Å². The molecule has 1 fully saturated rings. The van der Waals surface area contributed by atoms with Gasteiger partial charge in [0.15, 0.2) is 5.17 Å². The number of thioether (sulfide) groups is 1. The van der Waals surface area contributed by atoms with Crippen LogP contribution in [-0.2, 0) is 9.59 Å². The molecular weight excluding hydrogens is 391 g/mol. The first-order valence-corrected chi connectivity index (χ1v) is 9.16. The maximum absolute atomic E-state index is 13.7. The van der Waals surface area contributed by atoms with Crippen LogP contribution in [0.3, 0.4) is 0 Å². The second kappa shape index (κ2) is 8.79. The van der Waals surface area contributed by atoms with Crippen LogP contribution in [0.2, 0.25) is 5.02 Å². The van der Waals surface area contributed by atoms with E-state index in [1.807, 2.05) is 6.07 Å². The number of halogens is 2. The van der Waals surface area contributed by atoms with E-state index in [-0.39, 0.29) is 34.0 Å². The summed E-state index contributed by atoms with van der Waals surface area (Å²) < 4.78 is 13.7. The van der Waals surface area contributed by atoms with Gasteiger partial charge >= 0.3 is 0 Å². The van der Waals surface area contributed by atoms with Crippen molar-refractivity contribution in [2.75, 3.05) is 5.32 Å². The third kappa shape index (κ3) is 5.15. The molecule has 0 saturated carbocycles. The van der Waals surface area contributed by atoms with Gasteiger partial charge in [-0.05, 0) is 24.3 Å². The molecule has 0 aliphatic carbocycles. The highest BCUT2D eigenvalue weighted by Gasteiger charge is 2.32. The minimum absolute atomic E-state index is 0.00668. The van der Waals surface area contributed by atoms with Crippen molar-refractivity contribution in [3.63, 3.8) is 0 Å². The Balaban J connectivity index is 1.59. The molecule has 0 spiro atoms. The van der Waals surface area contributed by atoms with Crippen molar-refractivity contribution in [3.8, 4) is 0 Å². The van der Waals surface area contributed by atoms with Crippen molar-refractivity contribution < 1.29 is 14.0 Å². The van der Waals surface area contributed by atoms with E-state index in [2.05, 4.69) is 20.8 Å². The summed E-state index contributed by atoms with van der Waals surface area (Å²) in [5.74, 6) is -1.14. The quantitative estimate of drug-likeness (QED) is 0.591. The van der Waals surface area contributed by atoms with Gasteiger partial charge in [0.2, 0.25) is 11.8 Å². The van der Waals surface area contributed by atoms with E-state index in [4.69, 9.17) is 11.6 Å². The summed E-state index contributed by atoms with van der Waals surface area (Å²) in [4.78, 5) is 24.1. The van der Waals surface area contributed by atoms with E-state index in [0.29, 0.717) is 5.69 Å². The molecule has 0 aromatic heterocycles. The van der Waals surface area contributed by atoms with Crippen molar-refractivity contribution in [1.29, 1.82) is 0 Å². The van der Waals surface area contributed by atoms with Gasteiger partial charge in [0, 0.05) is 17.7 Å². The zero-order chi connectivity index (χ0) is 19.2. The highest BCUT2D eigenvalue weighted by atomic mass is 35.5. The van der Waals surface area contributed by atoms with Crippen LogP contribution in [-0.4, -0.2) is 28.4 Å². The van der Waals surface area contributed by atoms with Crippen molar-refractivity contribution >= 4 is 52.2 Å². The Morgan fingerprint density at radius 3 is 2.78 bits per heavy atom. The lowest BCUT2D eigenvalue weighted by atomic mass is 10.2. The van der Waals surface area contributed by atoms with Crippen LogP contribution in [0.25, 0.3) is 0 Å². The summed E-state index contributed by atoms with van der Waals surface area (Å²) in [5, 5.41) is 12.7. The number of carbonyl (C=O) groups is 2. The van der Waals surface area contributed by atoms with Crippen molar-refractivity contribution in [3.05, 3.63) is 64.9 Å². The summed E-state index contributed by atoms with van der Waals surface area (Å²) >= 11 is 6.99. The minimum atomic E-state index is -0.611. The largest absolute Gasteiger partial charge is 0.326 e. The first-order chi connectivity index (χ1) is 13.0. The second-order valence-electron chi connectivity index (χ2n) is 5.50. The summed E-state index contributed by atoms with van der Waals surface area (Å²) in [6.45, 7) is 0. The predicted molar refractivity (Wildman–Crippen MR) is 106 cm³/mol.